The summed E-state index contributed by atoms with van der Waals surface area (Å²) in [6, 6.07) is 7.73. The lowest BCUT2D eigenvalue weighted by atomic mass is 9.93. The summed E-state index contributed by atoms with van der Waals surface area (Å²) in [7, 11) is 3.39. The molecule has 0 bridgehead atoms. The Bertz CT molecular complexity index is 365. The van der Waals surface area contributed by atoms with Crippen molar-refractivity contribution in [3.05, 3.63) is 24.3 Å². The minimum absolute atomic E-state index is 0.611. The van der Waals surface area contributed by atoms with Crippen molar-refractivity contribution in [3.63, 3.8) is 0 Å². The lowest BCUT2D eigenvalue weighted by Crippen LogP contribution is -2.29. The summed E-state index contributed by atoms with van der Waals surface area (Å²) in [6.07, 6.45) is 1.05. The van der Waals surface area contributed by atoms with E-state index < -0.39 is 0 Å². The third-order valence-corrected chi connectivity index (χ3v) is 3.65. The van der Waals surface area contributed by atoms with Crippen molar-refractivity contribution in [2.24, 2.45) is 11.8 Å². The number of rotatable bonds is 11. The fourth-order valence-corrected chi connectivity index (χ4v) is 2.13. The predicted molar refractivity (Wildman–Crippen MR) is 86.2 cm³/mol. The topological polar surface area (TPSA) is 39.7 Å². The van der Waals surface area contributed by atoms with Crippen molar-refractivity contribution in [2.75, 3.05) is 40.5 Å². The number of methoxy groups -OCH3 is 2. The first kappa shape index (κ1) is 17.8. The molecule has 120 valence electrons. The minimum atomic E-state index is 0.611. The molecule has 0 heterocycles. The summed E-state index contributed by atoms with van der Waals surface area (Å²) in [5.74, 6) is 3.00. The Morgan fingerprint density at radius 1 is 1.00 bits per heavy atom. The average Bonchev–Trinajstić information content (AvgIpc) is 2.50. The van der Waals surface area contributed by atoms with Gasteiger partial charge >= 0.3 is 0 Å². The maximum absolute atomic E-state index is 5.81. The third-order valence-electron chi connectivity index (χ3n) is 3.65. The fourth-order valence-electron chi connectivity index (χ4n) is 2.13. The van der Waals surface area contributed by atoms with Gasteiger partial charge in [-0.2, -0.15) is 0 Å². The van der Waals surface area contributed by atoms with Gasteiger partial charge in [-0.25, -0.2) is 0 Å². The summed E-state index contributed by atoms with van der Waals surface area (Å²) >= 11 is 0. The van der Waals surface area contributed by atoms with Crippen molar-refractivity contribution >= 4 is 0 Å². The highest BCUT2D eigenvalue weighted by atomic mass is 16.5. The van der Waals surface area contributed by atoms with Crippen LogP contribution in [0.1, 0.15) is 20.3 Å². The molecular formula is C17H29NO3. The minimum Gasteiger partial charge on any atom is -0.497 e. The second-order valence-corrected chi connectivity index (χ2v) is 5.51. The standard InChI is InChI=1S/C17H29NO3/c1-14(2)15(13-18-10-12-19-3)9-11-21-17-7-5-16(20-4)6-8-17/h5-8,14-15,18H,9-13H2,1-4H3. The number of hydrogen-bond acceptors (Lipinski definition) is 4. The molecule has 1 N–H and O–H groups in total. The maximum Gasteiger partial charge on any atom is 0.119 e. The first-order valence-electron chi connectivity index (χ1n) is 7.64. The molecule has 1 aromatic carbocycles. The van der Waals surface area contributed by atoms with E-state index in [2.05, 4.69) is 19.2 Å². The van der Waals surface area contributed by atoms with Crippen LogP contribution in [0.15, 0.2) is 24.3 Å². The van der Waals surface area contributed by atoms with Gasteiger partial charge in [0.25, 0.3) is 0 Å². The molecule has 0 spiro atoms. The molecule has 4 heteroatoms. The van der Waals surface area contributed by atoms with Crippen LogP contribution in [0, 0.1) is 11.8 Å². The highest BCUT2D eigenvalue weighted by Crippen LogP contribution is 2.19. The van der Waals surface area contributed by atoms with E-state index in [0.717, 1.165) is 44.2 Å². The number of hydrogen-bond donors (Lipinski definition) is 1. The smallest absolute Gasteiger partial charge is 0.119 e. The zero-order chi connectivity index (χ0) is 15.5. The largest absolute Gasteiger partial charge is 0.497 e. The SMILES string of the molecule is COCCNCC(CCOc1ccc(OC)cc1)C(C)C. The van der Waals surface area contributed by atoms with E-state index in [1.165, 1.54) is 0 Å². The fraction of sp³-hybridized carbons (Fsp3) is 0.647. The van der Waals surface area contributed by atoms with Crippen molar-refractivity contribution in [1.29, 1.82) is 0 Å². The van der Waals surface area contributed by atoms with Crippen LogP contribution in [0.5, 0.6) is 11.5 Å². The van der Waals surface area contributed by atoms with Gasteiger partial charge < -0.3 is 19.5 Å². The monoisotopic (exact) mass is 295 g/mol. The van der Waals surface area contributed by atoms with Crippen LogP contribution in [0.2, 0.25) is 0 Å². The molecule has 0 saturated heterocycles. The number of benzene rings is 1. The van der Waals surface area contributed by atoms with E-state index in [9.17, 15) is 0 Å². The first-order valence-corrected chi connectivity index (χ1v) is 7.64. The van der Waals surface area contributed by atoms with Crippen LogP contribution in [-0.4, -0.2) is 40.5 Å². The summed E-state index contributed by atoms with van der Waals surface area (Å²) in [4.78, 5) is 0. The first-order chi connectivity index (χ1) is 10.2. The summed E-state index contributed by atoms with van der Waals surface area (Å²) in [5, 5.41) is 3.43. The van der Waals surface area contributed by atoms with Crippen molar-refractivity contribution in [2.45, 2.75) is 20.3 Å². The molecule has 1 rings (SSSR count). The van der Waals surface area contributed by atoms with Crippen LogP contribution in [-0.2, 0) is 4.74 Å². The van der Waals surface area contributed by atoms with Crippen LogP contribution in [0.3, 0.4) is 0 Å². The van der Waals surface area contributed by atoms with E-state index >= 15 is 0 Å². The molecule has 4 nitrogen and oxygen atoms in total. The second-order valence-electron chi connectivity index (χ2n) is 5.51. The molecule has 1 atom stereocenters. The van der Waals surface area contributed by atoms with Gasteiger partial charge in [-0.1, -0.05) is 13.8 Å². The van der Waals surface area contributed by atoms with Gasteiger partial charge in [0, 0.05) is 13.7 Å². The lowest BCUT2D eigenvalue weighted by molar-refractivity contribution is 0.192. The number of ether oxygens (including phenoxy) is 3. The molecule has 0 fully saturated rings. The Kier molecular flexibility index (Phi) is 8.87. The van der Waals surface area contributed by atoms with E-state index in [4.69, 9.17) is 14.2 Å². The molecule has 21 heavy (non-hydrogen) atoms. The van der Waals surface area contributed by atoms with E-state index in [-0.39, 0.29) is 0 Å². The Hall–Kier alpha value is -1.26. The molecule has 0 aromatic heterocycles. The van der Waals surface area contributed by atoms with Gasteiger partial charge in [-0.15, -0.1) is 0 Å². The third kappa shape index (κ3) is 7.34. The van der Waals surface area contributed by atoms with Crippen molar-refractivity contribution in [1.82, 2.24) is 5.32 Å². The molecule has 1 aromatic rings. The highest BCUT2D eigenvalue weighted by Gasteiger charge is 2.13. The molecule has 0 radical (unpaired) electrons. The highest BCUT2D eigenvalue weighted by molar-refractivity contribution is 5.31. The van der Waals surface area contributed by atoms with Crippen molar-refractivity contribution < 1.29 is 14.2 Å². The summed E-state index contributed by atoms with van der Waals surface area (Å²) < 4.78 is 16.0. The zero-order valence-electron chi connectivity index (χ0n) is 13.7. The van der Waals surface area contributed by atoms with Crippen LogP contribution in [0.4, 0.5) is 0 Å². The zero-order valence-corrected chi connectivity index (χ0v) is 13.7. The Morgan fingerprint density at radius 2 is 1.67 bits per heavy atom. The van der Waals surface area contributed by atoms with E-state index in [1.807, 2.05) is 24.3 Å². The quantitative estimate of drug-likeness (QED) is 0.637. The molecule has 1 unspecified atom stereocenters. The van der Waals surface area contributed by atoms with Crippen LogP contribution in [0.25, 0.3) is 0 Å². The van der Waals surface area contributed by atoms with Crippen LogP contribution >= 0.6 is 0 Å². The van der Waals surface area contributed by atoms with Gasteiger partial charge in [-0.05, 0) is 49.1 Å². The second kappa shape index (κ2) is 10.5. The van der Waals surface area contributed by atoms with Gasteiger partial charge in [0.2, 0.25) is 0 Å². The summed E-state index contributed by atoms with van der Waals surface area (Å²) in [6.45, 7) is 7.92. The lowest BCUT2D eigenvalue weighted by Gasteiger charge is -2.21. The maximum atomic E-state index is 5.81. The molecular weight excluding hydrogens is 266 g/mol. The van der Waals surface area contributed by atoms with Gasteiger partial charge in [0.1, 0.15) is 11.5 Å². The Labute approximate surface area is 128 Å². The Morgan fingerprint density at radius 3 is 2.24 bits per heavy atom. The van der Waals surface area contributed by atoms with Crippen molar-refractivity contribution in [3.8, 4) is 11.5 Å². The Balaban J connectivity index is 2.28. The molecule has 0 aliphatic carbocycles. The van der Waals surface area contributed by atoms with Gasteiger partial charge in [0.05, 0.1) is 20.3 Å². The van der Waals surface area contributed by atoms with E-state index in [0.29, 0.717) is 11.8 Å². The average molecular weight is 295 g/mol. The summed E-state index contributed by atoms with van der Waals surface area (Å²) in [5.41, 5.74) is 0. The van der Waals surface area contributed by atoms with Gasteiger partial charge in [-0.3, -0.25) is 0 Å². The molecule has 0 aliphatic rings. The molecule has 0 aliphatic heterocycles. The van der Waals surface area contributed by atoms with E-state index in [1.54, 1.807) is 14.2 Å². The van der Waals surface area contributed by atoms with Crippen LogP contribution < -0.4 is 14.8 Å². The molecule has 0 amide bonds. The predicted octanol–water partition coefficient (Wildman–Crippen LogP) is 2.97. The molecule has 0 saturated carbocycles. The normalized spacial score (nSPS) is 12.4. The van der Waals surface area contributed by atoms with Gasteiger partial charge in [0.15, 0.2) is 0 Å². The number of nitrogens with one attached hydrogen (secondary N) is 1.